The molecule has 0 radical (unpaired) electrons. The molecule has 0 aromatic carbocycles. The van der Waals surface area contributed by atoms with E-state index in [1.165, 1.54) is 366 Å². The van der Waals surface area contributed by atoms with Crippen molar-refractivity contribution in [3.63, 3.8) is 0 Å². The van der Waals surface area contributed by atoms with E-state index in [4.69, 9.17) is 4.74 Å². The molecule has 92 heavy (non-hydrogen) atoms. The SMILES string of the molecule is CCCCC/C=C\C/C=C\CCCCCCCC(=O)OCCCCCCCCCCCCC/C=C\C/C=C\CCCCCCCCCCCCCCCCCCCC(=O)NC(CO)C(O)/C=C/CCCCCCCCCCCCCCCCCCCCCCCCC. The molecule has 0 saturated heterocycles. The Hall–Kier alpha value is -2.44. The molecule has 0 aliphatic carbocycles. The van der Waals surface area contributed by atoms with Crippen molar-refractivity contribution < 1.29 is 24.5 Å². The first-order chi connectivity index (χ1) is 45.5. The number of rotatable bonds is 78. The number of hydrogen-bond donors (Lipinski definition) is 3. The van der Waals surface area contributed by atoms with Crippen molar-refractivity contribution in [2.45, 2.75) is 463 Å². The zero-order chi connectivity index (χ0) is 66.3. The van der Waals surface area contributed by atoms with Crippen molar-refractivity contribution in [1.82, 2.24) is 5.32 Å². The van der Waals surface area contributed by atoms with E-state index in [1.807, 2.05) is 6.08 Å². The number of nitrogens with one attached hydrogen (secondary N) is 1. The summed E-state index contributed by atoms with van der Waals surface area (Å²) in [5, 5.41) is 23.3. The number of allylic oxidation sites excluding steroid dienone is 9. The molecule has 0 spiro atoms. The van der Waals surface area contributed by atoms with Crippen LogP contribution in [0.3, 0.4) is 0 Å². The van der Waals surface area contributed by atoms with Crippen LogP contribution in [0.15, 0.2) is 60.8 Å². The smallest absolute Gasteiger partial charge is 0.305 e. The number of unbranched alkanes of at least 4 members (excludes halogenated alkanes) is 59. The van der Waals surface area contributed by atoms with E-state index >= 15 is 0 Å². The fourth-order valence-electron chi connectivity index (χ4n) is 12.9. The summed E-state index contributed by atoms with van der Waals surface area (Å²) in [5.41, 5.74) is 0. The minimum absolute atomic E-state index is 0.00279. The molecule has 0 aromatic heterocycles. The van der Waals surface area contributed by atoms with Crippen molar-refractivity contribution in [2.75, 3.05) is 13.2 Å². The van der Waals surface area contributed by atoms with Crippen LogP contribution in [-0.4, -0.2) is 47.4 Å². The fourth-order valence-corrected chi connectivity index (χ4v) is 12.9. The van der Waals surface area contributed by atoms with Crippen LogP contribution in [0, 0.1) is 0 Å². The van der Waals surface area contributed by atoms with Gasteiger partial charge in [0.1, 0.15) is 0 Å². The average molecular weight is 1290 g/mol. The molecule has 2 unspecified atom stereocenters. The van der Waals surface area contributed by atoms with Crippen LogP contribution in [0.1, 0.15) is 450 Å². The molecule has 0 aliphatic rings. The second-order valence-corrected chi connectivity index (χ2v) is 28.4. The molecule has 0 saturated carbocycles. The number of esters is 1. The van der Waals surface area contributed by atoms with Gasteiger partial charge in [-0.15, -0.1) is 0 Å². The van der Waals surface area contributed by atoms with Crippen molar-refractivity contribution in [3.05, 3.63) is 60.8 Å². The number of ether oxygens (including phenoxy) is 1. The lowest BCUT2D eigenvalue weighted by atomic mass is 10.0. The maximum atomic E-state index is 12.6. The highest BCUT2D eigenvalue weighted by atomic mass is 16.5. The molecular formula is C86H161NO5. The molecular weight excluding hydrogens is 1130 g/mol. The molecule has 540 valence electrons. The Balaban J connectivity index is 3.40. The van der Waals surface area contributed by atoms with Gasteiger partial charge in [-0.3, -0.25) is 9.59 Å². The first-order valence-electron chi connectivity index (χ1n) is 41.6. The van der Waals surface area contributed by atoms with Crippen LogP contribution in [0.4, 0.5) is 0 Å². The quantitative estimate of drug-likeness (QED) is 0.0320. The number of hydrogen-bond acceptors (Lipinski definition) is 5. The van der Waals surface area contributed by atoms with Crippen molar-refractivity contribution in [1.29, 1.82) is 0 Å². The molecule has 1 amide bonds. The maximum Gasteiger partial charge on any atom is 0.305 e. The Kier molecular flexibility index (Phi) is 78.8. The van der Waals surface area contributed by atoms with E-state index in [0.717, 1.165) is 57.8 Å². The van der Waals surface area contributed by atoms with Crippen molar-refractivity contribution >= 4 is 11.9 Å². The lowest BCUT2D eigenvalue weighted by Gasteiger charge is -2.20. The van der Waals surface area contributed by atoms with Crippen molar-refractivity contribution in [3.8, 4) is 0 Å². The van der Waals surface area contributed by atoms with Crippen LogP contribution < -0.4 is 5.32 Å². The first-order valence-corrected chi connectivity index (χ1v) is 41.6. The largest absolute Gasteiger partial charge is 0.466 e. The fraction of sp³-hybridized carbons (Fsp3) is 0.860. The summed E-state index contributed by atoms with van der Waals surface area (Å²) in [5.74, 6) is -0.0582. The van der Waals surface area contributed by atoms with Crippen LogP contribution in [0.2, 0.25) is 0 Å². The standard InChI is InChI=1S/C86H161NO5/c1-3-5-7-9-11-13-15-17-19-20-21-22-23-35-38-41-44-47-51-54-58-62-66-70-74-78-84(89)83(82-88)87-85(90)79-75-71-67-63-59-55-52-48-45-42-39-36-33-31-29-27-25-24-26-28-30-32-34-37-40-43-46-49-53-57-61-65-69-73-77-81-92-86(91)80-76-72-68-64-60-56-50-18-16-14-12-10-8-6-4-2/h12,14,18,26,28,32,34,50,74,78,83-84,88-89H,3-11,13,15-17,19-25,27,29-31,33,35-49,51-73,75-77,79-82H2,1-2H3,(H,87,90)/b14-12-,28-26-,34-32-,50-18-,78-74+. The first kappa shape index (κ1) is 89.6. The highest BCUT2D eigenvalue weighted by Crippen LogP contribution is 2.20. The Morgan fingerprint density at radius 2 is 0.543 bits per heavy atom. The van der Waals surface area contributed by atoms with Crippen LogP contribution in [0.25, 0.3) is 0 Å². The summed E-state index contributed by atoms with van der Waals surface area (Å²) in [7, 11) is 0. The van der Waals surface area contributed by atoms with E-state index < -0.39 is 12.1 Å². The third-order valence-electron chi connectivity index (χ3n) is 19.3. The van der Waals surface area contributed by atoms with E-state index in [0.29, 0.717) is 19.4 Å². The van der Waals surface area contributed by atoms with Gasteiger partial charge in [-0.1, -0.05) is 402 Å². The zero-order valence-electron chi connectivity index (χ0n) is 62.0. The van der Waals surface area contributed by atoms with Crippen LogP contribution in [0.5, 0.6) is 0 Å². The normalized spacial score (nSPS) is 12.8. The highest BCUT2D eigenvalue weighted by Gasteiger charge is 2.18. The van der Waals surface area contributed by atoms with Crippen molar-refractivity contribution in [2.24, 2.45) is 0 Å². The van der Waals surface area contributed by atoms with Gasteiger partial charge in [0.05, 0.1) is 25.4 Å². The summed E-state index contributed by atoms with van der Waals surface area (Å²) in [6, 6.07) is -0.629. The topological polar surface area (TPSA) is 95.9 Å². The lowest BCUT2D eigenvalue weighted by Crippen LogP contribution is -2.45. The molecule has 2 atom stereocenters. The summed E-state index contributed by atoms with van der Waals surface area (Å²) < 4.78 is 5.49. The second kappa shape index (κ2) is 81.0. The number of aliphatic hydroxyl groups excluding tert-OH is 2. The lowest BCUT2D eigenvalue weighted by molar-refractivity contribution is -0.143. The number of carbonyl (C=O) groups excluding carboxylic acids is 2. The number of carbonyl (C=O) groups is 2. The second-order valence-electron chi connectivity index (χ2n) is 28.4. The van der Waals surface area contributed by atoms with Gasteiger partial charge in [0.15, 0.2) is 0 Å². The minimum atomic E-state index is -0.846. The van der Waals surface area contributed by atoms with Gasteiger partial charge < -0.3 is 20.3 Å². The Bertz CT molecular complexity index is 1580. The summed E-state index contributed by atoms with van der Waals surface area (Å²) in [6.45, 7) is 4.91. The van der Waals surface area contributed by atoms with E-state index in [1.54, 1.807) is 6.08 Å². The molecule has 0 heterocycles. The minimum Gasteiger partial charge on any atom is -0.466 e. The highest BCUT2D eigenvalue weighted by molar-refractivity contribution is 5.76. The molecule has 0 rings (SSSR count). The molecule has 0 aromatic rings. The van der Waals surface area contributed by atoms with Crippen LogP contribution >= 0.6 is 0 Å². The average Bonchev–Trinajstić information content (AvgIpc) is 3.57. The number of amides is 1. The summed E-state index contributed by atoms with van der Waals surface area (Å²) >= 11 is 0. The molecule has 6 nitrogen and oxygen atoms in total. The van der Waals surface area contributed by atoms with Crippen LogP contribution in [-0.2, 0) is 14.3 Å². The Labute approximate surface area is 575 Å². The van der Waals surface area contributed by atoms with Gasteiger partial charge in [-0.2, -0.15) is 0 Å². The molecule has 3 N–H and O–H groups in total. The van der Waals surface area contributed by atoms with E-state index in [-0.39, 0.29) is 18.5 Å². The van der Waals surface area contributed by atoms with Gasteiger partial charge in [0, 0.05) is 12.8 Å². The number of aliphatic hydroxyl groups is 2. The Morgan fingerprint density at radius 3 is 0.848 bits per heavy atom. The predicted molar refractivity (Wildman–Crippen MR) is 407 cm³/mol. The van der Waals surface area contributed by atoms with Gasteiger partial charge in [-0.05, 0) is 96.3 Å². The Morgan fingerprint density at radius 1 is 0.304 bits per heavy atom. The maximum absolute atomic E-state index is 12.6. The van der Waals surface area contributed by atoms with Gasteiger partial charge in [0.25, 0.3) is 0 Å². The van der Waals surface area contributed by atoms with E-state index in [9.17, 15) is 19.8 Å². The predicted octanol–water partition coefficient (Wildman–Crippen LogP) is 27.7. The molecule has 0 bridgehead atoms. The summed E-state index contributed by atoms with van der Waals surface area (Å²) in [4.78, 5) is 24.6. The molecule has 6 heteroatoms. The molecule has 0 aliphatic heterocycles. The monoisotopic (exact) mass is 1290 g/mol. The van der Waals surface area contributed by atoms with Gasteiger partial charge in [-0.25, -0.2) is 0 Å². The third kappa shape index (κ3) is 76.6. The third-order valence-corrected chi connectivity index (χ3v) is 19.3. The molecule has 0 fully saturated rings. The van der Waals surface area contributed by atoms with Gasteiger partial charge in [0.2, 0.25) is 5.91 Å². The summed E-state index contributed by atoms with van der Waals surface area (Å²) in [6.07, 6.45) is 109. The van der Waals surface area contributed by atoms with E-state index in [2.05, 4.69) is 67.8 Å². The zero-order valence-corrected chi connectivity index (χ0v) is 62.0. The van der Waals surface area contributed by atoms with Gasteiger partial charge >= 0.3 is 5.97 Å².